The SMILES string of the molecule is CCC(C)NC(=O)Cn1ccc2c(C=O)cccc21. The first-order valence-corrected chi connectivity index (χ1v) is 6.48. The van der Waals surface area contributed by atoms with E-state index in [1.807, 2.05) is 42.8 Å². The maximum atomic E-state index is 11.9. The van der Waals surface area contributed by atoms with Crippen molar-refractivity contribution in [3.63, 3.8) is 0 Å². The molecule has 1 N–H and O–H groups in total. The van der Waals surface area contributed by atoms with Crippen LogP contribution in [0.25, 0.3) is 10.9 Å². The number of nitrogens with zero attached hydrogens (tertiary/aromatic N) is 1. The fourth-order valence-corrected chi connectivity index (χ4v) is 2.07. The Hall–Kier alpha value is -2.10. The minimum atomic E-state index is -0.0108. The molecule has 1 unspecified atom stereocenters. The minimum Gasteiger partial charge on any atom is -0.352 e. The van der Waals surface area contributed by atoms with E-state index in [1.165, 1.54) is 0 Å². The highest BCUT2D eigenvalue weighted by atomic mass is 16.2. The number of hydrogen-bond acceptors (Lipinski definition) is 2. The van der Waals surface area contributed by atoms with Crippen LogP contribution in [0.1, 0.15) is 30.6 Å². The van der Waals surface area contributed by atoms with E-state index in [-0.39, 0.29) is 18.5 Å². The van der Waals surface area contributed by atoms with E-state index in [4.69, 9.17) is 0 Å². The zero-order chi connectivity index (χ0) is 13.8. The van der Waals surface area contributed by atoms with E-state index in [0.29, 0.717) is 5.56 Å². The Balaban J connectivity index is 2.22. The van der Waals surface area contributed by atoms with Gasteiger partial charge < -0.3 is 9.88 Å². The number of nitrogens with one attached hydrogen (secondary N) is 1. The molecular weight excluding hydrogens is 240 g/mol. The first-order chi connectivity index (χ1) is 9.15. The van der Waals surface area contributed by atoms with Crippen LogP contribution in [0.2, 0.25) is 0 Å². The van der Waals surface area contributed by atoms with Gasteiger partial charge in [0.2, 0.25) is 5.91 Å². The minimum absolute atomic E-state index is 0.0108. The van der Waals surface area contributed by atoms with E-state index < -0.39 is 0 Å². The lowest BCUT2D eigenvalue weighted by Crippen LogP contribution is -2.34. The van der Waals surface area contributed by atoms with Gasteiger partial charge >= 0.3 is 0 Å². The standard InChI is InChI=1S/C15H18N2O2/c1-3-11(2)16-15(19)9-17-8-7-13-12(10-18)5-4-6-14(13)17/h4-8,10-11H,3,9H2,1-2H3,(H,16,19). The number of benzene rings is 1. The van der Waals surface area contributed by atoms with Gasteiger partial charge in [0.05, 0.1) is 0 Å². The van der Waals surface area contributed by atoms with Gasteiger partial charge in [0.25, 0.3) is 0 Å². The third-order valence-corrected chi connectivity index (χ3v) is 3.31. The topological polar surface area (TPSA) is 51.1 Å². The molecule has 1 atom stereocenters. The normalized spacial score (nSPS) is 12.3. The van der Waals surface area contributed by atoms with Gasteiger partial charge in [-0.15, -0.1) is 0 Å². The average molecular weight is 258 g/mol. The van der Waals surface area contributed by atoms with Crippen molar-refractivity contribution in [1.82, 2.24) is 9.88 Å². The maximum Gasteiger partial charge on any atom is 0.240 e. The fraction of sp³-hybridized carbons (Fsp3) is 0.333. The summed E-state index contributed by atoms with van der Waals surface area (Å²) >= 11 is 0. The van der Waals surface area contributed by atoms with Crippen molar-refractivity contribution < 1.29 is 9.59 Å². The van der Waals surface area contributed by atoms with Crippen LogP contribution >= 0.6 is 0 Å². The van der Waals surface area contributed by atoms with Gasteiger partial charge in [-0.2, -0.15) is 0 Å². The van der Waals surface area contributed by atoms with Crippen LogP contribution in [0.5, 0.6) is 0 Å². The maximum absolute atomic E-state index is 11.9. The van der Waals surface area contributed by atoms with Gasteiger partial charge in [0.1, 0.15) is 6.54 Å². The lowest BCUT2D eigenvalue weighted by Gasteiger charge is -2.12. The molecule has 4 heteroatoms. The fourth-order valence-electron chi connectivity index (χ4n) is 2.07. The Morgan fingerprint density at radius 3 is 2.89 bits per heavy atom. The number of carbonyl (C=O) groups is 2. The molecule has 0 bridgehead atoms. The number of fused-ring (bicyclic) bond motifs is 1. The molecule has 0 saturated heterocycles. The molecule has 0 fully saturated rings. The third-order valence-electron chi connectivity index (χ3n) is 3.31. The molecule has 2 rings (SSSR count). The number of carbonyl (C=O) groups excluding carboxylic acids is 2. The van der Waals surface area contributed by atoms with Crippen molar-refractivity contribution in [3.8, 4) is 0 Å². The summed E-state index contributed by atoms with van der Waals surface area (Å²) in [6, 6.07) is 7.57. The Morgan fingerprint density at radius 2 is 2.21 bits per heavy atom. The van der Waals surface area contributed by atoms with Crippen LogP contribution < -0.4 is 5.32 Å². The second-order valence-corrected chi connectivity index (χ2v) is 4.72. The van der Waals surface area contributed by atoms with Gasteiger partial charge in [-0.05, 0) is 25.5 Å². The number of amides is 1. The van der Waals surface area contributed by atoms with Crippen LogP contribution in [0.3, 0.4) is 0 Å². The first-order valence-electron chi connectivity index (χ1n) is 6.48. The number of rotatable bonds is 5. The Bertz CT molecular complexity index is 601. The molecule has 2 aromatic rings. The van der Waals surface area contributed by atoms with E-state index in [1.54, 1.807) is 6.07 Å². The van der Waals surface area contributed by atoms with E-state index >= 15 is 0 Å². The molecule has 1 aromatic carbocycles. The third kappa shape index (κ3) is 2.84. The molecule has 100 valence electrons. The summed E-state index contributed by atoms with van der Waals surface area (Å²) in [5.74, 6) is -0.0108. The lowest BCUT2D eigenvalue weighted by atomic mass is 10.1. The van der Waals surface area contributed by atoms with E-state index in [2.05, 4.69) is 5.32 Å². The van der Waals surface area contributed by atoms with Gasteiger partial charge in [0.15, 0.2) is 6.29 Å². The highest BCUT2D eigenvalue weighted by Crippen LogP contribution is 2.18. The molecule has 0 aliphatic carbocycles. The van der Waals surface area contributed by atoms with Gasteiger partial charge in [-0.3, -0.25) is 9.59 Å². The summed E-state index contributed by atoms with van der Waals surface area (Å²) in [6.07, 6.45) is 3.59. The van der Waals surface area contributed by atoms with Crippen LogP contribution in [-0.2, 0) is 11.3 Å². The molecule has 1 amide bonds. The Morgan fingerprint density at radius 1 is 1.42 bits per heavy atom. The number of aldehydes is 1. The van der Waals surface area contributed by atoms with Crippen LogP contribution in [0, 0.1) is 0 Å². The van der Waals surface area contributed by atoms with Gasteiger partial charge in [0, 0.05) is 28.7 Å². The Labute approximate surface area is 112 Å². The Kier molecular flexibility index (Phi) is 4.00. The quantitative estimate of drug-likeness (QED) is 0.837. The van der Waals surface area contributed by atoms with Crippen LogP contribution in [-0.4, -0.2) is 22.8 Å². The summed E-state index contributed by atoms with van der Waals surface area (Å²) < 4.78 is 1.86. The number of hydrogen-bond donors (Lipinski definition) is 1. The van der Waals surface area contributed by atoms with Crippen molar-refractivity contribution in [2.75, 3.05) is 0 Å². The molecular formula is C15H18N2O2. The van der Waals surface area contributed by atoms with Crippen molar-refractivity contribution in [1.29, 1.82) is 0 Å². The molecule has 0 aliphatic heterocycles. The van der Waals surface area contributed by atoms with Crippen molar-refractivity contribution in [2.45, 2.75) is 32.9 Å². The summed E-state index contributed by atoms with van der Waals surface area (Å²) in [5.41, 5.74) is 1.56. The summed E-state index contributed by atoms with van der Waals surface area (Å²) in [4.78, 5) is 22.8. The van der Waals surface area contributed by atoms with E-state index in [0.717, 1.165) is 23.6 Å². The lowest BCUT2D eigenvalue weighted by molar-refractivity contribution is -0.122. The zero-order valence-electron chi connectivity index (χ0n) is 11.2. The highest BCUT2D eigenvalue weighted by Gasteiger charge is 2.09. The smallest absolute Gasteiger partial charge is 0.240 e. The molecule has 1 heterocycles. The first kappa shape index (κ1) is 13.3. The van der Waals surface area contributed by atoms with Crippen LogP contribution in [0.4, 0.5) is 0 Å². The van der Waals surface area contributed by atoms with Crippen molar-refractivity contribution in [2.24, 2.45) is 0 Å². The van der Waals surface area contributed by atoms with E-state index in [9.17, 15) is 9.59 Å². The van der Waals surface area contributed by atoms with Gasteiger partial charge in [-0.25, -0.2) is 0 Å². The molecule has 0 saturated carbocycles. The summed E-state index contributed by atoms with van der Waals surface area (Å²) in [5, 5.41) is 3.82. The summed E-state index contributed by atoms with van der Waals surface area (Å²) in [6.45, 7) is 4.29. The van der Waals surface area contributed by atoms with Crippen molar-refractivity contribution in [3.05, 3.63) is 36.0 Å². The zero-order valence-corrected chi connectivity index (χ0v) is 11.2. The predicted octanol–water partition coefficient (Wildman–Crippen LogP) is 2.37. The molecule has 19 heavy (non-hydrogen) atoms. The second kappa shape index (κ2) is 5.69. The van der Waals surface area contributed by atoms with Crippen LogP contribution in [0.15, 0.2) is 30.5 Å². The van der Waals surface area contributed by atoms with Crippen molar-refractivity contribution >= 4 is 23.1 Å². The molecule has 0 spiro atoms. The second-order valence-electron chi connectivity index (χ2n) is 4.72. The molecule has 0 radical (unpaired) electrons. The highest BCUT2D eigenvalue weighted by molar-refractivity contribution is 5.97. The summed E-state index contributed by atoms with van der Waals surface area (Å²) in [7, 11) is 0. The molecule has 1 aromatic heterocycles. The predicted molar refractivity (Wildman–Crippen MR) is 75.2 cm³/mol. The largest absolute Gasteiger partial charge is 0.352 e. The average Bonchev–Trinajstić information content (AvgIpc) is 2.81. The molecule has 0 aliphatic rings. The number of aromatic nitrogens is 1. The monoisotopic (exact) mass is 258 g/mol. The van der Waals surface area contributed by atoms with Gasteiger partial charge in [-0.1, -0.05) is 19.1 Å². The molecule has 4 nitrogen and oxygen atoms in total.